The van der Waals surface area contributed by atoms with Crippen LogP contribution >= 0.6 is 0 Å². The number of benzene rings is 2. The summed E-state index contributed by atoms with van der Waals surface area (Å²) in [5.74, 6) is 1.78. The second-order valence-electron chi connectivity index (χ2n) is 7.25. The lowest BCUT2D eigenvalue weighted by Gasteiger charge is -2.29. The molecular formula is C22H27NO7S. The molecule has 0 spiro atoms. The van der Waals surface area contributed by atoms with Gasteiger partial charge in [0.1, 0.15) is 5.75 Å². The van der Waals surface area contributed by atoms with Crippen LogP contribution in [-0.2, 0) is 16.4 Å². The van der Waals surface area contributed by atoms with Crippen LogP contribution in [0.5, 0.6) is 23.0 Å². The zero-order valence-corrected chi connectivity index (χ0v) is 18.9. The van der Waals surface area contributed by atoms with Gasteiger partial charge in [-0.05, 0) is 48.4 Å². The third-order valence-electron chi connectivity index (χ3n) is 5.32. The molecule has 1 aliphatic rings. The van der Waals surface area contributed by atoms with Crippen molar-refractivity contribution in [2.75, 3.05) is 39.9 Å². The summed E-state index contributed by atoms with van der Waals surface area (Å²) >= 11 is 0. The average Bonchev–Trinajstić information content (AvgIpc) is 3.15. The number of rotatable bonds is 8. The summed E-state index contributed by atoms with van der Waals surface area (Å²) in [6.07, 6.45) is 0.397. The van der Waals surface area contributed by atoms with Gasteiger partial charge in [0, 0.05) is 18.2 Å². The van der Waals surface area contributed by atoms with Crippen LogP contribution < -0.4 is 18.9 Å². The van der Waals surface area contributed by atoms with E-state index in [9.17, 15) is 13.2 Å². The van der Waals surface area contributed by atoms with Crippen molar-refractivity contribution in [1.82, 2.24) is 4.90 Å². The Kier molecular flexibility index (Phi) is 6.94. The number of amides is 1. The molecule has 0 aromatic heterocycles. The lowest BCUT2D eigenvalue weighted by molar-refractivity contribution is 0.0680. The van der Waals surface area contributed by atoms with Gasteiger partial charge < -0.3 is 23.8 Å². The first-order valence-electron chi connectivity index (χ1n) is 9.76. The van der Waals surface area contributed by atoms with Crippen molar-refractivity contribution in [2.45, 2.75) is 19.0 Å². The Hall–Kier alpha value is -2.94. The van der Waals surface area contributed by atoms with Gasteiger partial charge in [-0.15, -0.1) is 0 Å². The summed E-state index contributed by atoms with van der Waals surface area (Å²) in [5, 5.41) is 0. The van der Waals surface area contributed by atoms with Crippen LogP contribution in [0.3, 0.4) is 0 Å². The van der Waals surface area contributed by atoms with Gasteiger partial charge in [0.05, 0.1) is 39.9 Å². The monoisotopic (exact) mass is 449 g/mol. The largest absolute Gasteiger partial charge is 0.497 e. The van der Waals surface area contributed by atoms with Crippen molar-refractivity contribution in [1.29, 1.82) is 0 Å². The molecule has 1 heterocycles. The van der Waals surface area contributed by atoms with Crippen LogP contribution in [0.15, 0.2) is 36.4 Å². The molecule has 9 heteroatoms. The zero-order chi connectivity index (χ0) is 22.6. The van der Waals surface area contributed by atoms with E-state index in [4.69, 9.17) is 18.9 Å². The molecular weight excluding hydrogens is 422 g/mol. The van der Waals surface area contributed by atoms with Gasteiger partial charge in [-0.3, -0.25) is 4.79 Å². The van der Waals surface area contributed by atoms with E-state index >= 15 is 0 Å². The van der Waals surface area contributed by atoms with Crippen molar-refractivity contribution >= 4 is 15.7 Å². The summed E-state index contributed by atoms with van der Waals surface area (Å²) in [4.78, 5) is 15.0. The molecule has 0 saturated carbocycles. The molecule has 3 rings (SSSR count). The van der Waals surface area contributed by atoms with Gasteiger partial charge in [-0.2, -0.15) is 0 Å². The molecule has 0 bridgehead atoms. The van der Waals surface area contributed by atoms with E-state index in [1.54, 1.807) is 48.4 Å². The third kappa shape index (κ3) is 5.04. The molecule has 1 saturated heterocycles. The van der Waals surface area contributed by atoms with Crippen LogP contribution in [0.2, 0.25) is 0 Å². The van der Waals surface area contributed by atoms with Crippen molar-refractivity contribution < 1.29 is 32.2 Å². The number of hydrogen-bond donors (Lipinski definition) is 0. The maximum Gasteiger partial charge on any atom is 0.254 e. The third-order valence-corrected chi connectivity index (χ3v) is 7.07. The second kappa shape index (κ2) is 9.47. The predicted molar refractivity (Wildman–Crippen MR) is 116 cm³/mol. The normalized spacial score (nSPS) is 17.1. The Morgan fingerprint density at radius 1 is 0.968 bits per heavy atom. The molecule has 8 nitrogen and oxygen atoms in total. The van der Waals surface area contributed by atoms with Gasteiger partial charge in [-0.25, -0.2) is 8.42 Å². The van der Waals surface area contributed by atoms with E-state index in [1.165, 1.54) is 21.3 Å². The maximum atomic E-state index is 13.4. The fourth-order valence-electron chi connectivity index (χ4n) is 3.71. The average molecular weight is 450 g/mol. The molecule has 0 N–H and O–H groups in total. The van der Waals surface area contributed by atoms with E-state index in [1.807, 2.05) is 0 Å². The molecule has 0 aliphatic carbocycles. The Labute approximate surface area is 182 Å². The van der Waals surface area contributed by atoms with Crippen molar-refractivity contribution in [2.24, 2.45) is 0 Å². The highest BCUT2D eigenvalue weighted by Crippen LogP contribution is 2.39. The van der Waals surface area contributed by atoms with Gasteiger partial charge >= 0.3 is 0 Å². The standard InChI is InChI=1S/C22H27NO7S/c1-27-18-7-5-16(6-8-18)22(24)23(17-9-10-31(25,26)14-17)13-15-11-19(28-2)21(30-4)20(12-15)29-3/h5-8,11-12,17H,9-10,13-14H2,1-4H3/t17-/m1/s1. The smallest absolute Gasteiger partial charge is 0.254 e. The topological polar surface area (TPSA) is 91.4 Å². The number of sulfone groups is 1. The molecule has 0 radical (unpaired) electrons. The summed E-state index contributed by atoms with van der Waals surface area (Å²) in [7, 11) is 2.93. The van der Waals surface area contributed by atoms with Gasteiger partial charge in [0.25, 0.3) is 5.91 Å². The Bertz CT molecular complexity index is 1010. The highest BCUT2D eigenvalue weighted by molar-refractivity contribution is 7.91. The van der Waals surface area contributed by atoms with Crippen LogP contribution in [-0.4, -0.2) is 65.2 Å². The molecule has 1 atom stereocenters. The van der Waals surface area contributed by atoms with E-state index < -0.39 is 15.9 Å². The minimum Gasteiger partial charge on any atom is -0.497 e. The predicted octanol–water partition coefficient (Wildman–Crippen LogP) is 2.55. The molecule has 31 heavy (non-hydrogen) atoms. The van der Waals surface area contributed by atoms with Crippen molar-refractivity contribution in [3.8, 4) is 23.0 Å². The summed E-state index contributed by atoms with van der Waals surface area (Å²) in [5.41, 5.74) is 1.19. The van der Waals surface area contributed by atoms with Gasteiger partial charge in [0.2, 0.25) is 5.75 Å². The van der Waals surface area contributed by atoms with E-state index in [-0.39, 0.29) is 24.0 Å². The number of hydrogen-bond acceptors (Lipinski definition) is 7. The van der Waals surface area contributed by atoms with E-state index in [0.717, 1.165) is 5.56 Å². The summed E-state index contributed by atoms with van der Waals surface area (Å²) in [6.45, 7) is 0.196. The van der Waals surface area contributed by atoms with Gasteiger partial charge in [-0.1, -0.05) is 0 Å². The second-order valence-corrected chi connectivity index (χ2v) is 9.48. The first-order chi connectivity index (χ1) is 14.8. The van der Waals surface area contributed by atoms with Gasteiger partial charge in [0.15, 0.2) is 21.3 Å². The maximum absolute atomic E-state index is 13.4. The molecule has 2 aromatic carbocycles. The number of nitrogens with zero attached hydrogens (tertiary/aromatic N) is 1. The van der Waals surface area contributed by atoms with Crippen molar-refractivity contribution in [3.05, 3.63) is 47.5 Å². The highest BCUT2D eigenvalue weighted by Gasteiger charge is 2.35. The van der Waals surface area contributed by atoms with E-state index in [2.05, 4.69) is 0 Å². The Balaban J connectivity index is 1.98. The minimum atomic E-state index is -3.18. The fraction of sp³-hybridized carbons (Fsp3) is 0.409. The minimum absolute atomic E-state index is 0.0562. The van der Waals surface area contributed by atoms with Crippen LogP contribution in [0, 0.1) is 0 Å². The number of methoxy groups -OCH3 is 4. The summed E-state index contributed by atoms with van der Waals surface area (Å²) in [6, 6.07) is 9.86. The summed E-state index contributed by atoms with van der Waals surface area (Å²) < 4.78 is 45.6. The number of carbonyl (C=O) groups is 1. The molecule has 2 aromatic rings. The molecule has 1 amide bonds. The fourth-order valence-corrected chi connectivity index (χ4v) is 5.44. The SMILES string of the molecule is COc1ccc(C(=O)N(Cc2cc(OC)c(OC)c(OC)c2)[C@@H]2CCS(=O)(=O)C2)cc1. The first-order valence-corrected chi connectivity index (χ1v) is 11.6. The Morgan fingerprint density at radius 2 is 1.58 bits per heavy atom. The number of ether oxygens (including phenoxy) is 4. The first kappa shape index (κ1) is 22.7. The van der Waals surface area contributed by atoms with Crippen LogP contribution in [0.1, 0.15) is 22.3 Å². The molecule has 168 valence electrons. The quantitative estimate of drug-likeness (QED) is 0.612. The Morgan fingerprint density at radius 3 is 2.03 bits per heavy atom. The number of carbonyl (C=O) groups excluding carboxylic acids is 1. The highest BCUT2D eigenvalue weighted by atomic mass is 32.2. The van der Waals surface area contributed by atoms with Crippen LogP contribution in [0.4, 0.5) is 0 Å². The molecule has 1 aliphatic heterocycles. The lowest BCUT2D eigenvalue weighted by atomic mass is 10.1. The molecule has 1 fully saturated rings. The molecule has 0 unspecified atom stereocenters. The van der Waals surface area contributed by atoms with Crippen molar-refractivity contribution in [3.63, 3.8) is 0 Å². The van der Waals surface area contributed by atoms with E-state index in [0.29, 0.717) is 35.0 Å². The van der Waals surface area contributed by atoms with Crippen LogP contribution in [0.25, 0.3) is 0 Å². The lowest BCUT2D eigenvalue weighted by Crippen LogP contribution is -2.40. The zero-order valence-electron chi connectivity index (χ0n) is 18.1.